The van der Waals surface area contributed by atoms with E-state index >= 15 is 0 Å². The molecule has 3 rings (SSSR count). The average Bonchev–Trinajstić information content (AvgIpc) is 2.62. The van der Waals surface area contributed by atoms with Crippen LogP contribution in [0.2, 0.25) is 0 Å². The molecule has 0 bridgehead atoms. The second-order valence-electron chi connectivity index (χ2n) is 5.29. The van der Waals surface area contributed by atoms with Gasteiger partial charge in [0.05, 0.1) is 5.56 Å². The largest absolute Gasteiger partial charge is 0.507 e. The number of pyridine rings is 1. The Hall–Kier alpha value is -3.07. The standard InChI is InChI=1S/C17H16N4O2/c18-12-13-4-3-7-16(19-13)20-8-10-21(11-9-20)17(23)14-5-1-2-6-15(14)22/h1-7,22H,8-11H2. The molecule has 6 nitrogen and oxygen atoms in total. The molecular weight excluding hydrogens is 292 g/mol. The van der Waals surface area contributed by atoms with Gasteiger partial charge in [-0.25, -0.2) is 4.98 Å². The highest BCUT2D eigenvalue weighted by molar-refractivity contribution is 5.96. The van der Waals surface area contributed by atoms with Gasteiger partial charge in [-0.3, -0.25) is 4.79 Å². The Morgan fingerprint density at radius 1 is 1.09 bits per heavy atom. The highest BCUT2D eigenvalue weighted by Crippen LogP contribution is 2.20. The van der Waals surface area contributed by atoms with Gasteiger partial charge in [0.25, 0.3) is 5.91 Å². The van der Waals surface area contributed by atoms with E-state index in [9.17, 15) is 9.90 Å². The molecule has 0 radical (unpaired) electrons. The summed E-state index contributed by atoms with van der Waals surface area (Å²) in [5.74, 6) is 0.587. The lowest BCUT2D eigenvalue weighted by atomic mass is 10.1. The van der Waals surface area contributed by atoms with Crippen LogP contribution in [0.25, 0.3) is 0 Å². The molecule has 23 heavy (non-hydrogen) atoms. The Kier molecular flexibility index (Phi) is 4.11. The summed E-state index contributed by atoms with van der Waals surface area (Å²) in [6.45, 7) is 2.37. The van der Waals surface area contributed by atoms with Crippen molar-refractivity contribution in [2.45, 2.75) is 0 Å². The molecular formula is C17H16N4O2. The fourth-order valence-corrected chi connectivity index (χ4v) is 2.63. The number of hydrogen-bond donors (Lipinski definition) is 1. The van der Waals surface area contributed by atoms with Crippen molar-refractivity contribution in [3.63, 3.8) is 0 Å². The van der Waals surface area contributed by atoms with E-state index in [2.05, 4.69) is 9.88 Å². The van der Waals surface area contributed by atoms with E-state index in [0.717, 1.165) is 5.82 Å². The lowest BCUT2D eigenvalue weighted by Gasteiger charge is -2.35. The van der Waals surface area contributed by atoms with E-state index < -0.39 is 0 Å². The van der Waals surface area contributed by atoms with Gasteiger partial charge in [0, 0.05) is 26.2 Å². The van der Waals surface area contributed by atoms with E-state index in [0.29, 0.717) is 37.4 Å². The zero-order valence-corrected chi connectivity index (χ0v) is 12.5. The number of phenols is 1. The maximum absolute atomic E-state index is 12.5. The van der Waals surface area contributed by atoms with Gasteiger partial charge in [0.1, 0.15) is 23.3 Å². The first-order valence-corrected chi connectivity index (χ1v) is 7.38. The zero-order chi connectivity index (χ0) is 16.2. The third-order valence-electron chi connectivity index (χ3n) is 3.87. The Labute approximate surface area is 134 Å². The van der Waals surface area contributed by atoms with Crippen LogP contribution in [-0.4, -0.2) is 47.1 Å². The van der Waals surface area contributed by atoms with E-state index in [1.54, 1.807) is 35.2 Å². The first-order valence-electron chi connectivity index (χ1n) is 7.38. The van der Waals surface area contributed by atoms with Crippen molar-refractivity contribution in [2.24, 2.45) is 0 Å². The van der Waals surface area contributed by atoms with Crippen LogP contribution in [0.15, 0.2) is 42.5 Å². The Morgan fingerprint density at radius 2 is 1.83 bits per heavy atom. The second kappa shape index (κ2) is 6.36. The second-order valence-corrected chi connectivity index (χ2v) is 5.29. The van der Waals surface area contributed by atoms with Crippen molar-refractivity contribution in [3.05, 3.63) is 53.7 Å². The van der Waals surface area contributed by atoms with Crippen LogP contribution in [0.5, 0.6) is 5.75 Å². The van der Waals surface area contributed by atoms with Crippen molar-refractivity contribution < 1.29 is 9.90 Å². The number of phenolic OH excluding ortho intramolecular Hbond substituents is 1. The molecule has 2 aromatic rings. The number of amides is 1. The lowest BCUT2D eigenvalue weighted by Crippen LogP contribution is -2.49. The number of aromatic nitrogens is 1. The molecule has 1 aliphatic heterocycles. The van der Waals surface area contributed by atoms with Crippen molar-refractivity contribution >= 4 is 11.7 Å². The molecule has 0 saturated carbocycles. The monoisotopic (exact) mass is 308 g/mol. The molecule has 0 aliphatic carbocycles. The SMILES string of the molecule is N#Cc1cccc(N2CCN(C(=O)c3ccccc3O)CC2)n1. The zero-order valence-electron chi connectivity index (χ0n) is 12.5. The molecule has 116 valence electrons. The first kappa shape index (κ1) is 14.9. The quantitative estimate of drug-likeness (QED) is 0.912. The number of nitrogens with zero attached hydrogens (tertiary/aromatic N) is 4. The molecule has 0 unspecified atom stereocenters. The summed E-state index contributed by atoms with van der Waals surface area (Å²) < 4.78 is 0. The maximum Gasteiger partial charge on any atom is 0.257 e. The topological polar surface area (TPSA) is 80.5 Å². The molecule has 1 amide bonds. The molecule has 1 aromatic heterocycles. The number of para-hydroxylation sites is 1. The number of hydrogen-bond acceptors (Lipinski definition) is 5. The number of aromatic hydroxyl groups is 1. The number of carbonyl (C=O) groups excluding carboxylic acids is 1. The van der Waals surface area contributed by atoms with Gasteiger partial charge in [-0.05, 0) is 24.3 Å². The Morgan fingerprint density at radius 3 is 2.52 bits per heavy atom. The normalized spacial score (nSPS) is 14.4. The molecule has 2 heterocycles. The van der Waals surface area contributed by atoms with Crippen molar-refractivity contribution in [1.82, 2.24) is 9.88 Å². The Bertz CT molecular complexity index is 761. The van der Waals surface area contributed by atoms with Crippen LogP contribution < -0.4 is 4.90 Å². The molecule has 0 spiro atoms. The fourth-order valence-electron chi connectivity index (χ4n) is 2.63. The molecule has 0 atom stereocenters. The van der Waals surface area contributed by atoms with Crippen LogP contribution in [0.3, 0.4) is 0 Å². The summed E-state index contributed by atoms with van der Waals surface area (Å²) in [6, 6.07) is 13.9. The van der Waals surface area contributed by atoms with Gasteiger partial charge in [-0.1, -0.05) is 18.2 Å². The lowest BCUT2D eigenvalue weighted by molar-refractivity contribution is 0.0743. The van der Waals surface area contributed by atoms with Gasteiger partial charge in [0.2, 0.25) is 0 Å². The summed E-state index contributed by atoms with van der Waals surface area (Å²) >= 11 is 0. The van der Waals surface area contributed by atoms with Gasteiger partial charge >= 0.3 is 0 Å². The maximum atomic E-state index is 12.5. The number of anilines is 1. The summed E-state index contributed by atoms with van der Waals surface area (Å²) in [5.41, 5.74) is 0.709. The fraction of sp³-hybridized carbons (Fsp3) is 0.235. The minimum Gasteiger partial charge on any atom is -0.507 e. The summed E-state index contributed by atoms with van der Waals surface area (Å²) in [7, 11) is 0. The molecule has 1 fully saturated rings. The average molecular weight is 308 g/mol. The van der Waals surface area contributed by atoms with Crippen LogP contribution in [-0.2, 0) is 0 Å². The molecule has 1 aromatic carbocycles. The van der Waals surface area contributed by atoms with Crippen molar-refractivity contribution in [3.8, 4) is 11.8 Å². The van der Waals surface area contributed by atoms with Gasteiger partial charge in [0.15, 0.2) is 0 Å². The van der Waals surface area contributed by atoms with Crippen molar-refractivity contribution in [1.29, 1.82) is 5.26 Å². The molecule has 1 aliphatic rings. The minimum absolute atomic E-state index is 0.00307. The summed E-state index contributed by atoms with van der Waals surface area (Å²) in [5, 5.41) is 18.7. The predicted octanol–water partition coefficient (Wildman–Crippen LogP) is 1.62. The van der Waals surface area contributed by atoms with Gasteiger partial charge in [-0.15, -0.1) is 0 Å². The first-order chi connectivity index (χ1) is 11.2. The van der Waals surface area contributed by atoms with E-state index in [-0.39, 0.29) is 11.7 Å². The number of carbonyl (C=O) groups is 1. The van der Waals surface area contributed by atoms with E-state index in [1.807, 2.05) is 12.1 Å². The summed E-state index contributed by atoms with van der Waals surface area (Å²) in [4.78, 5) is 20.5. The number of piperazine rings is 1. The van der Waals surface area contributed by atoms with Crippen LogP contribution in [0.1, 0.15) is 16.1 Å². The van der Waals surface area contributed by atoms with Crippen LogP contribution in [0, 0.1) is 11.3 Å². The third-order valence-corrected chi connectivity index (χ3v) is 3.87. The highest BCUT2D eigenvalue weighted by atomic mass is 16.3. The van der Waals surface area contributed by atoms with Gasteiger partial charge < -0.3 is 14.9 Å². The Balaban J connectivity index is 1.68. The van der Waals surface area contributed by atoms with E-state index in [4.69, 9.17) is 5.26 Å². The molecule has 6 heteroatoms. The third kappa shape index (κ3) is 3.09. The smallest absolute Gasteiger partial charge is 0.257 e. The van der Waals surface area contributed by atoms with Crippen LogP contribution >= 0.6 is 0 Å². The van der Waals surface area contributed by atoms with Crippen LogP contribution in [0.4, 0.5) is 5.82 Å². The molecule has 1 N–H and O–H groups in total. The number of benzene rings is 1. The minimum atomic E-state index is -0.165. The highest BCUT2D eigenvalue weighted by Gasteiger charge is 2.24. The molecule has 1 saturated heterocycles. The predicted molar refractivity (Wildman–Crippen MR) is 85.2 cm³/mol. The number of nitriles is 1. The van der Waals surface area contributed by atoms with E-state index in [1.165, 1.54) is 6.07 Å². The summed E-state index contributed by atoms with van der Waals surface area (Å²) in [6.07, 6.45) is 0. The van der Waals surface area contributed by atoms with Gasteiger partial charge in [-0.2, -0.15) is 5.26 Å². The number of rotatable bonds is 2. The van der Waals surface area contributed by atoms with Crippen molar-refractivity contribution in [2.75, 3.05) is 31.1 Å².